The van der Waals surface area contributed by atoms with E-state index in [0.717, 1.165) is 5.56 Å². The van der Waals surface area contributed by atoms with Gasteiger partial charge in [0.15, 0.2) is 0 Å². The Morgan fingerprint density at radius 2 is 2.05 bits per heavy atom. The summed E-state index contributed by atoms with van der Waals surface area (Å²) in [6.07, 6.45) is -0.683. The van der Waals surface area contributed by atoms with Crippen LogP contribution < -0.4 is 0 Å². The van der Waals surface area contributed by atoms with Crippen LogP contribution in [0.1, 0.15) is 18.9 Å². The first-order chi connectivity index (χ1) is 9.97. The van der Waals surface area contributed by atoms with Crippen molar-refractivity contribution >= 4 is 12.1 Å². The molecule has 6 heteroatoms. The van der Waals surface area contributed by atoms with Crippen molar-refractivity contribution in [3.05, 3.63) is 35.9 Å². The number of rotatable bonds is 4. The number of carbonyl (C=O) groups excluding carboxylic acids is 1. The van der Waals surface area contributed by atoms with Crippen molar-refractivity contribution in [2.24, 2.45) is 0 Å². The molecule has 0 bridgehead atoms. The number of amides is 1. The van der Waals surface area contributed by atoms with Gasteiger partial charge in [0.1, 0.15) is 12.1 Å². The van der Waals surface area contributed by atoms with Gasteiger partial charge in [-0.15, -0.1) is 0 Å². The maximum atomic E-state index is 12.2. The Kier molecular flexibility index (Phi) is 4.47. The summed E-state index contributed by atoms with van der Waals surface area (Å²) in [6, 6.07) is 9.25. The summed E-state index contributed by atoms with van der Waals surface area (Å²) < 4.78 is 10.4. The summed E-state index contributed by atoms with van der Waals surface area (Å²) in [5.41, 5.74) is -0.445. The third kappa shape index (κ3) is 3.16. The quantitative estimate of drug-likeness (QED) is 0.917. The molecule has 0 spiro atoms. The van der Waals surface area contributed by atoms with Crippen LogP contribution in [0.3, 0.4) is 0 Å². The molecule has 6 nitrogen and oxygen atoms in total. The molecular formula is C15H19NO5. The van der Waals surface area contributed by atoms with E-state index in [9.17, 15) is 14.7 Å². The van der Waals surface area contributed by atoms with E-state index in [1.807, 2.05) is 30.3 Å². The zero-order chi connectivity index (χ0) is 15.5. The fourth-order valence-electron chi connectivity index (χ4n) is 2.46. The van der Waals surface area contributed by atoms with Gasteiger partial charge in [0.05, 0.1) is 12.6 Å². The van der Waals surface area contributed by atoms with Crippen molar-refractivity contribution < 1.29 is 24.2 Å². The maximum absolute atomic E-state index is 12.2. The zero-order valence-corrected chi connectivity index (χ0v) is 12.1. The minimum Gasteiger partial charge on any atom is -0.480 e. The van der Waals surface area contributed by atoms with E-state index in [2.05, 4.69) is 0 Å². The molecule has 2 atom stereocenters. The predicted molar refractivity (Wildman–Crippen MR) is 74.8 cm³/mol. The maximum Gasteiger partial charge on any atom is 0.411 e. The van der Waals surface area contributed by atoms with Gasteiger partial charge in [-0.05, 0) is 12.5 Å². The number of methoxy groups -OCH3 is 1. The van der Waals surface area contributed by atoms with Gasteiger partial charge in [-0.3, -0.25) is 4.90 Å². The Bertz CT molecular complexity index is 518. The van der Waals surface area contributed by atoms with Crippen molar-refractivity contribution in [2.45, 2.75) is 31.6 Å². The summed E-state index contributed by atoms with van der Waals surface area (Å²) in [5, 5.41) is 9.39. The highest BCUT2D eigenvalue weighted by molar-refractivity contribution is 5.84. The first-order valence-corrected chi connectivity index (χ1v) is 6.72. The number of hydrogen-bond donors (Lipinski definition) is 1. The van der Waals surface area contributed by atoms with E-state index in [-0.39, 0.29) is 25.7 Å². The largest absolute Gasteiger partial charge is 0.480 e. The number of benzene rings is 1. The Morgan fingerprint density at radius 3 is 2.62 bits per heavy atom. The standard InChI is InChI=1S/C15H19NO5/c1-15(13(17)18)8-12(20-2)9-16(15)14(19)21-10-11-6-4-3-5-7-11/h3-7,12H,8-10H2,1-2H3,(H,17,18)/t12-,15-/m1/s1. The van der Waals surface area contributed by atoms with E-state index in [0.29, 0.717) is 0 Å². The number of carboxylic acid groups (broad SMARTS) is 1. The molecule has 1 saturated heterocycles. The van der Waals surface area contributed by atoms with Crippen LogP contribution in [0.4, 0.5) is 4.79 Å². The number of ether oxygens (including phenoxy) is 2. The number of nitrogens with zero attached hydrogens (tertiary/aromatic N) is 1. The van der Waals surface area contributed by atoms with Crippen LogP contribution in [-0.4, -0.2) is 47.4 Å². The van der Waals surface area contributed by atoms with E-state index in [1.54, 1.807) is 0 Å². The third-order valence-corrected chi connectivity index (χ3v) is 3.83. The molecule has 0 saturated carbocycles. The van der Waals surface area contributed by atoms with Gasteiger partial charge in [-0.2, -0.15) is 0 Å². The Morgan fingerprint density at radius 1 is 1.38 bits per heavy atom. The van der Waals surface area contributed by atoms with Crippen LogP contribution in [0.5, 0.6) is 0 Å². The first-order valence-electron chi connectivity index (χ1n) is 6.72. The van der Waals surface area contributed by atoms with Crippen molar-refractivity contribution in [1.82, 2.24) is 4.90 Å². The molecule has 1 N–H and O–H groups in total. The molecule has 114 valence electrons. The highest BCUT2D eigenvalue weighted by Gasteiger charge is 2.51. The van der Waals surface area contributed by atoms with Gasteiger partial charge >= 0.3 is 12.1 Å². The number of carbonyl (C=O) groups is 2. The fourth-order valence-corrected chi connectivity index (χ4v) is 2.46. The van der Waals surface area contributed by atoms with Crippen molar-refractivity contribution in [3.8, 4) is 0 Å². The fraction of sp³-hybridized carbons (Fsp3) is 0.467. The smallest absolute Gasteiger partial charge is 0.411 e. The summed E-state index contributed by atoms with van der Waals surface area (Å²) in [7, 11) is 1.51. The number of aliphatic carboxylic acids is 1. The molecule has 0 radical (unpaired) electrons. The molecule has 1 amide bonds. The van der Waals surface area contributed by atoms with Crippen molar-refractivity contribution in [2.75, 3.05) is 13.7 Å². The molecule has 2 rings (SSSR count). The normalized spacial score (nSPS) is 24.9. The lowest BCUT2D eigenvalue weighted by Gasteiger charge is -2.29. The molecule has 1 aromatic carbocycles. The molecule has 1 heterocycles. The highest BCUT2D eigenvalue weighted by Crippen LogP contribution is 2.31. The number of carboxylic acids is 1. The van der Waals surface area contributed by atoms with Gasteiger partial charge in [0.2, 0.25) is 0 Å². The van der Waals surface area contributed by atoms with Crippen LogP contribution in [0, 0.1) is 0 Å². The minimum absolute atomic E-state index is 0.115. The highest BCUT2D eigenvalue weighted by atomic mass is 16.6. The lowest BCUT2D eigenvalue weighted by Crippen LogP contribution is -2.50. The Balaban J connectivity index is 2.04. The predicted octanol–water partition coefficient (Wildman–Crippen LogP) is 1.89. The van der Waals surface area contributed by atoms with Crippen LogP contribution in [0.25, 0.3) is 0 Å². The Hall–Kier alpha value is -2.08. The van der Waals surface area contributed by atoms with Crippen molar-refractivity contribution in [3.63, 3.8) is 0 Å². The molecule has 21 heavy (non-hydrogen) atoms. The van der Waals surface area contributed by atoms with Crippen LogP contribution in [0.2, 0.25) is 0 Å². The zero-order valence-electron chi connectivity index (χ0n) is 12.1. The van der Waals surface area contributed by atoms with Gasteiger partial charge < -0.3 is 14.6 Å². The second-order valence-corrected chi connectivity index (χ2v) is 5.29. The molecule has 1 aromatic rings. The average Bonchev–Trinajstić information content (AvgIpc) is 2.84. The van der Waals surface area contributed by atoms with Crippen LogP contribution >= 0.6 is 0 Å². The molecular weight excluding hydrogens is 274 g/mol. The molecule has 1 aliphatic heterocycles. The van der Waals surface area contributed by atoms with E-state index in [1.165, 1.54) is 18.9 Å². The van der Waals surface area contributed by atoms with Crippen molar-refractivity contribution in [1.29, 1.82) is 0 Å². The SMILES string of the molecule is CO[C@H]1CN(C(=O)OCc2ccccc2)[C@@](C)(C(=O)O)C1. The van der Waals surface area contributed by atoms with Gasteiger partial charge in [-0.1, -0.05) is 30.3 Å². The molecule has 0 aromatic heterocycles. The second-order valence-electron chi connectivity index (χ2n) is 5.29. The number of likely N-dealkylation sites (tertiary alicyclic amines) is 1. The van der Waals surface area contributed by atoms with E-state index < -0.39 is 17.6 Å². The van der Waals surface area contributed by atoms with Crippen LogP contribution in [-0.2, 0) is 20.9 Å². The monoisotopic (exact) mass is 293 g/mol. The van der Waals surface area contributed by atoms with E-state index >= 15 is 0 Å². The van der Waals surface area contributed by atoms with Gasteiger partial charge in [0, 0.05) is 13.5 Å². The molecule has 1 fully saturated rings. The summed E-state index contributed by atoms with van der Waals surface area (Å²) in [6.45, 7) is 1.84. The molecule has 0 unspecified atom stereocenters. The van der Waals surface area contributed by atoms with Gasteiger partial charge in [-0.25, -0.2) is 9.59 Å². The molecule has 0 aliphatic carbocycles. The Labute approximate surface area is 123 Å². The summed E-state index contributed by atoms with van der Waals surface area (Å²) >= 11 is 0. The number of hydrogen-bond acceptors (Lipinski definition) is 4. The third-order valence-electron chi connectivity index (χ3n) is 3.83. The van der Waals surface area contributed by atoms with E-state index in [4.69, 9.17) is 9.47 Å². The molecule has 1 aliphatic rings. The lowest BCUT2D eigenvalue weighted by molar-refractivity contribution is -0.148. The lowest BCUT2D eigenvalue weighted by atomic mass is 9.99. The van der Waals surface area contributed by atoms with Crippen LogP contribution in [0.15, 0.2) is 30.3 Å². The van der Waals surface area contributed by atoms with Gasteiger partial charge in [0.25, 0.3) is 0 Å². The average molecular weight is 293 g/mol. The first kappa shape index (κ1) is 15.3. The topological polar surface area (TPSA) is 76.1 Å². The minimum atomic E-state index is -1.30. The summed E-state index contributed by atoms with van der Waals surface area (Å²) in [5.74, 6) is -1.06. The second kappa shape index (κ2) is 6.13. The summed E-state index contributed by atoms with van der Waals surface area (Å²) in [4.78, 5) is 24.9.